The lowest BCUT2D eigenvalue weighted by Gasteiger charge is -2.02. The molecule has 0 saturated carbocycles. The lowest BCUT2D eigenvalue weighted by Crippen LogP contribution is -2.00. The van der Waals surface area contributed by atoms with E-state index in [-0.39, 0.29) is 5.69 Å². The van der Waals surface area contributed by atoms with Gasteiger partial charge in [0, 0.05) is 18.3 Å². The number of aromatic carboxylic acids is 1. The highest BCUT2D eigenvalue weighted by atomic mass is 16.4. The lowest BCUT2D eigenvalue weighted by molar-refractivity contribution is 0.0690. The third-order valence-corrected chi connectivity index (χ3v) is 2.84. The first-order valence-corrected chi connectivity index (χ1v) is 5.32. The fourth-order valence-electron chi connectivity index (χ4n) is 1.81. The van der Waals surface area contributed by atoms with E-state index in [1.54, 1.807) is 31.3 Å². The van der Waals surface area contributed by atoms with Gasteiger partial charge in [0.1, 0.15) is 0 Å². The molecule has 0 fully saturated rings. The van der Waals surface area contributed by atoms with E-state index in [9.17, 15) is 4.79 Å². The summed E-state index contributed by atoms with van der Waals surface area (Å²) in [7, 11) is 1.70. The van der Waals surface area contributed by atoms with Crippen LogP contribution in [0.2, 0.25) is 0 Å². The Balaban J connectivity index is 2.62. The number of hydrogen-bond acceptors (Lipinski definition) is 3. The van der Waals surface area contributed by atoms with Crippen molar-refractivity contribution in [2.24, 2.45) is 7.05 Å². The number of carboxylic acid groups (broad SMARTS) is 1. The molecule has 0 unspecified atom stereocenters. The fourth-order valence-corrected chi connectivity index (χ4v) is 1.81. The zero-order valence-corrected chi connectivity index (χ0v) is 10.0. The molecular weight excluding hydrogens is 230 g/mol. The molecule has 0 aliphatic rings. The predicted molar refractivity (Wildman–Crippen MR) is 65.1 cm³/mol. The summed E-state index contributed by atoms with van der Waals surface area (Å²) in [5.74, 6) is -1.06. The Morgan fingerprint density at radius 1 is 1.39 bits per heavy atom. The molecule has 0 aliphatic heterocycles. The molecular formula is C13H11N3O2. The molecule has 0 bridgehead atoms. The summed E-state index contributed by atoms with van der Waals surface area (Å²) in [6.45, 7) is 1.81. The average Bonchev–Trinajstić information content (AvgIpc) is 2.66. The maximum Gasteiger partial charge on any atom is 0.357 e. The van der Waals surface area contributed by atoms with Gasteiger partial charge in [-0.15, -0.1) is 0 Å². The number of aryl methyl sites for hydroxylation is 1. The molecule has 5 nitrogen and oxygen atoms in total. The van der Waals surface area contributed by atoms with E-state index in [4.69, 9.17) is 10.4 Å². The molecule has 0 atom stereocenters. The Labute approximate surface area is 104 Å². The van der Waals surface area contributed by atoms with E-state index >= 15 is 0 Å². The van der Waals surface area contributed by atoms with Gasteiger partial charge in [-0.05, 0) is 24.6 Å². The number of carboxylic acids is 1. The van der Waals surface area contributed by atoms with Gasteiger partial charge in [-0.3, -0.25) is 4.68 Å². The number of aromatic nitrogens is 2. The van der Waals surface area contributed by atoms with Crippen LogP contribution in [0.4, 0.5) is 0 Å². The Bertz CT molecular complexity index is 648. The van der Waals surface area contributed by atoms with Crippen molar-refractivity contribution in [2.75, 3.05) is 0 Å². The molecule has 1 aromatic carbocycles. The normalized spacial score (nSPS) is 10.1. The van der Waals surface area contributed by atoms with E-state index in [0.717, 1.165) is 11.3 Å². The molecule has 90 valence electrons. The van der Waals surface area contributed by atoms with Crippen LogP contribution in [0.1, 0.15) is 21.7 Å². The number of hydrogen-bond donors (Lipinski definition) is 1. The maximum absolute atomic E-state index is 11.2. The smallest absolute Gasteiger partial charge is 0.357 e. The van der Waals surface area contributed by atoms with Crippen LogP contribution in [0.3, 0.4) is 0 Å². The molecule has 5 heteroatoms. The van der Waals surface area contributed by atoms with Crippen molar-refractivity contribution in [1.82, 2.24) is 9.78 Å². The Morgan fingerprint density at radius 2 is 2.00 bits per heavy atom. The van der Waals surface area contributed by atoms with E-state index in [1.807, 2.05) is 13.0 Å². The SMILES string of the molecule is Cc1c(-c2ccc(C#N)cc2)c(C(=O)O)nn1C. The minimum Gasteiger partial charge on any atom is -0.476 e. The minimum absolute atomic E-state index is 0.0275. The van der Waals surface area contributed by atoms with Crippen LogP contribution in [0.25, 0.3) is 11.1 Å². The lowest BCUT2D eigenvalue weighted by atomic mass is 10.0. The van der Waals surface area contributed by atoms with Gasteiger partial charge in [0.2, 0.25) is 0 Å². The molecule has 0 aliphatic carbocycles. The van der Waals surface area contributed by atoms with Gasteiger partial charge in [0.15, 0.2) is 5.69 Å². The Hall–Kier alpha value is -2.61. The largest absolute Gasteiger partial charge is 0.476 e. The third-order valence-electron chi connectivity index (χ3n) is 2.84. The van der Waals surface area contributed by atoms with E-state index in [0.29, 0.717) is 11.1 Å². The second-order valence-electron chi connectivity index (χ2n) is 3.93. The molecule has 1 N–H and O–H groups in total. The highest BCUT2D eigenvalue weighted by Crippen LogP contribution is 2.27. The number of benzene rings is 1. The first-order chi connectivity index (χ1) is 8.54. The molecule has 0 spiro atoms. The van der Waals surface area contributed by atoms with Crippen LogP contribution in [0, 0.1) is 18.3 Å². The van der Waals surface area contributed by atoms with E-state index in [2.05, 4.69) is 5.10 Å². The van der Waals surface area contributed by atoms with Crippen LogP contribution in [0.15, 0.2) is 24.3 Å². The second kappa shape index (κ2) is 4.34. The molecule has 18 heavy (non-hydrogen) atoms. The molecule has 0 amide bonds. The summed E-state index contributed by atoms with van der Waals surface area (Å²) in [5.41, 5.74) is 2.68. The number of rotatable bonds is 2. The Morgan fingerprint density at radius 3 is 2.50 bits per heavy atom. The van der Waals surface area contributed by atoms with Gasteiger partial charge < -0.3 is 5.11 Å². The molecule has 0 radical (unpaired) electrons. The quantitative estimate of drug-likeness (QED) is 0.871. The van der Waals surface area contributed by atoms with Crippen LogP contribution < -0.4 is 0 Å². The van der Waals surface area contributed by atoms with Crippen molar-refractivity contribution in [1.29, 1.82) is 5.26 Å². The van der Waals surface area contributed by atoms with Crippen molar-refractivity contribution in [2.45, 2.75) is 6.92 Å². The standard InChI is InChI=1S/C13H11N3O2/c1-8-11(12(13(17)18)15-16(8)2)10-5-3-9(7-14)4-6-10/h3-6H,1-2H3,(H,17,18). The topological polar surface area (TPSA) is 78.9 Å². The van der Waals surface area contributed by atoms with Gasteiger partial charge in [-0.1, -0.05) is 12.1 Å². The monoisotopic (exact) mass is 241 g/mol. The van der Waals surface area contributed by atoms with Gasteiger partial charge in [0.25, 0.3) is 0 Å². The van der Waals surface area contributed by atoms with Gasteiger partial charge >= 0.3 is 5.97 Å². The van der Waals surface area contributed by atoms with Crippen molar-refractivity contribution in [3.8, 4) is 17.2 Å². The summed E-state index contributed by atoms with van der Waals surface area (Å²) < 4.78 is 1.54. The van der Waals surface area contributed by atoms with Crippen molar-refractivity contribution in [3.05, 3.63) is 41.2 Å². The van der Waals surface area contributed by atoms with Crippen molar-refractivity contribution < 1.29 is 9.90 Å². The van der Waals surface area contributed by atoms with Crippen molar-refractivity contribution >= 4 is 5.97 Å². The number of nitrogens with zero attached hydrogens (tertiary/aromatic N) is 3. The van der Waals surface area contributed by atoms with Crippen LogP contribution >= 0.6 is 0 Å². The summed E-state index contributed by atoms with van der Waals surface area (Å²) in [6, 6.07) is 8.81. The highest BCUT2D eigenvalue weighted by Gasteiger charge is 2.19. The first kappa shape index (κ1) is 11.9. The summed E-state index contributed by atoms with van der Waals surface area (Å²) in [6.07, 6.45) is 0. The molecule has 1 heterocycles. The second-order valence-corrected chi connectivity index (χ2v) is 3.93. The molecule has 0 saturated heterocycles. The molecule has 2 rings (SSSR count). The highest BCUT2D eigenvalue weighted by molar-refractivity contribution is 5.94. The third kappa shape index (κ3) is 1.84. The first-order valence-electron chi connectivity index (χ1n) is 5.32. The molecule has 2 aromatic rings. The van der Waals surface area contributed by atoms with Crippen LogP contribution in [-0.2, 0) is 7.05 Å². The van der Waals surface area contributed by atoms with Crippen LogP contribution in [0.5, 0.6) is 0 Å². The van der Waals surface area contributed by atoms with E-state index < -0.39 is 5.97 Å². The maximum atomic E-state index is 11.2. The summed E-state index contributed by atoms with van der Waals surface area (Å²) in [5, 5.41) is 21.9. The van der Waals surface area contributed by atoms with Crippen molar-refractivity contribution in [3.63, 3.8) is 0 Å². The van der Waals surface area contributed by atoms with Gasteiger partial charge in [-0.2, -0.15) is 10.4 Å². The van der Waals surface area contributed by atoms with Gasteiger partial charge in [0.05, 0.1) is 11.6 Å². The predicted octanol–water partition coefficient (Wildman–Crippen LogP) is 1.97. The number of carbonyl (C=O) groups is 1. The summed E-state index contributed by atoms with van der Waals surface area (Å²) in [4.78, 5) is 11.2. The zero-order chi connectivity index (χ0) is 13.3. The number of nitriles is 1. The zero-order valence-electron chi connectivity index (χ0n) is 10.0. The van der Waals surface area contributed by atoms with E-state index in [1.165, 1.54) is 4.68 Å². The minimum atomic E-state index is -1.06. The summed E-state index contributed by atoms with van der Waals surface area (Å²) >= 11 is 0. The van der Waals surface area contributed by atoms with Crippen LogP contribution in [-0.4, -0.2) is 20.9 Å². The Kier molecular flexibility index (Phi) is 2.86. The molecule has 1 aromatic heterocycles. The van der Waals surface area contributed by atoms with Gasteiger partial charge in [-0.25, -0.2) is 4.79 Å². The fraction of sp³-hybridized carbons (Fsp3) is 0.154. The average molecular weight is 241 g/mol.